The van der Waals surface area contributed by atoms with Gasteiger partial charge in [-0.15, -0.1) is 0 Å². The van der Waals surface area contributed by atoms with Crippen molar-refractivity contribution in [3.63, 3.8) is 0 Å². The van der Waals surface area contributed by atoms with E-state index in [-0.39, 0.29) is 11.2 Å². The van der Waals surface area contributed by atoms with Crippen molar-refractivity contribution in [1.29, 1.82) is 0 Å². The summed E-state index contributed by atoms with van der Waals surface area (Å²) in [6, 6.07) is 3.10. The number of benzene rings is 1. The summed E-state index contributed by atoms with van der Waals surface area (Å²) < 4.78 is 4.62. The third-order valence-corrected chi connectivity index (χ3v) is 3.65. The van der Waals surface area contributed by atoms with Crippen LogP contribution in [0.3, 0.4) is 0 Å². The number of rotatable bonds is 4. The molecule has 0 radical (unpaired) electrons. The third-order valence-electron chi connectivity index (χ3n) is 3.65. The highest BCUT2D eigenvalue weighted by molar-refractivity contribution is 5.93. The van der Waals surface area contributed by atoms with Gasteiger partial charge in [0.15, 0.2) is 5.52 Å². The maximum absolute atomic E-state index is 10.9. The van der Waals surface area contributed by atoms with Gasteiger partial charge in [-0.3, -0.25) is 10.1 Å². The lowest BCUT2D eigenvalue weighted by Gasteiger charge is -2.11. The zero-order chi connectivity index (χ0) is 13.2. The van der Waals surface area contributed by atoms with Crippen LogP contribution in [0.2, 0.25) is 0 Å². The Morgan fingerprint density at radius 3 is 2.79 bits per heavy atom. The number of anilines is 1. The van der Waals surface area contributed by atoms with E-state index < -0.39 is 4.92 Å². The number of nitrogens with one attached hydrogen (secondary N) is 1. The van der Waals surface area contributed by atoms with Crippen LogP contribution >= 0.6 is 0 Å². The Morgan fingerprint density at radius 1 is 1.32 bits per heavy atom. The van der Waals surface area contributed by atoms with Crippen LogP contribution in [0.1, 0.15) is 25.7 Å². The molecule has 0 amide bonds. The number of hydrogen-bond acceptors (Lipinski definition) is 6. The maximum atomic E-state index is 10.9. The fourth-order valence-electron chi connectivity index (χ4n) is 2.61. The molecule has 7 heteroatoms. The first-order valence-corrected chi connectivity index (χ1v) is 6.39. The predicted octanol–water partition coefficient (Wildman–Crippen LogP) is 2.73. The Labute approximate surface area is 109 Å². The van der Waals surface area contributed by atoms with E-state index in [1.165, 1.54) is 31.7 Å². The van der Waals surface area contributed by atoms with Gasteiger partial charge in [0, 0.05) is 12.6 Å². The Morgan fingerprint density at radius 2 is 2.05 bits per heavy atom. The molecular weight excluding hydrogens is 248 g/mol. The largest absolute Gasteiger partial charge is 0.383 e. The molecule has 1 aromatic carbocycles. The summed E-state index contributed by atoms with van der Waals surface area (Å²) in [5.74, 6) is 0.671. The molecule has 1 aliphatic carbocycles. The molecule has 0 saturated heterocycles. The van der Waals surface area contributed by atoms with E-state index in [0.29, 0.717) is 11.4 Å². The van der Waals surface area contributed by atoms with Crippen molar-refractivity contribution in [1.82, 2.24) is 10.3 Å². The summed E-state index contributed by atoms with van der Waals surface area (Å²) in [6.45, 7) is 0.861. The molecule has 0 aliphatic heterocycles. The lowest BCUT2D eigenvalue weighted by Crippen LogP contribution is -2.11. The van der Waals surface area contributed by atoms with E-state index in [1.54, 1.807) is 6.07 Å². The van der Waals surface area contributed by atoms with Gasteiger partial charge in [-0.2, -0.15) is 0 Å². The summed E-state index contributed by atoms with van der Waals surface area (Å²) in [4.78, 5) is 10.4. The van der Waals surface area contributed by atoms with Crippen LogP contribution < -0.4 is 5.32 Å². The molecule has 0 unspecified atom stereocenters. The molecule has 1 aromatic heterocycles. The second-order valence-corrected chi connectivity index (χ2v) is 4.88. The number of fused-ring (bicyclic) bond motifs is 1. The van der Waals surface area contributed by atoms with Gasteiger partial charge in [0.2, 0.25) is 5.52 Å². The van der Waals surface area contributed by atoms with Crippen molar-refractivity contribution < 1.29 is 9.55 Å². The van der Waals surface area contributed by atoms with Gasteiger partial charge in [-0.1, -0.05) is 12.8 Å². The van der Waals surface area contributed by atoms with Crippen molar-refractivity contribution in [2.75, 3.05) is 11.9 Å². The molecule has 1 fully saturated rings. The number of nitro groups is 1. The molecule has 1 N–H and O–H groups in total. The van der Waals surface area contributed by atoms with Gasteiger partial charge in [-0.25, -0.2) is 4.63 Å². The van der Waals surface area contributed by atoms with E-state index in [9.17, 15) is 10.1 Å². The molecule has 1 aliphatic rings. The summed E-state index contributed by atoms with van der Waals surface area (Å²) >= 11 is 0. The van der Waals surface area contributed by atoms with E-state index in [1.807, 2.05) is 0 Å². The first-order chi connectivity index (χ1) is 9.25. The third kappa shape index (κ3) is 2.23. The fourth-order valence-corrected chi connectivity index (χ4v) is 2.61. The second kappa shape index (κ2) is 4.83. The van der Waals surface area contributed by atoms with Crippen molar-refractivity contribution in [2.24, 2.45) is 5.92 Å². The minimum Gasteiger partial charge on any atom is -0.383 e. The molecule has 2 aromatic rings. The van der Waals surface area contributed by atoms with E-state index in [0.717, 1.165) is 12.2 Å². The zero-order valence-corrected chi connectivity index (χ0v) is 10.3. The Kier molecular flexibility index (Phi) is 3.02. The average Bonchev–Trinajstić information content (AvgIpc) is 3.06. The van der Waals surface area contributed by atoms with E-state index in [2.05, 4.69) is 20.3 Å². The molecule has 3 rings (SSSR count). The zero-order valence-electron chi connectivity index (χ0n) is 10.3. The number of aromatic nitrogens is 2. The highest BCUT2D eigenvalue weighted by Gasteiger charge is 2.20. The van der Waals surface area contributed by atoms with Gasteiger partial charge in [-0.05, 0) is 35.1 Å². The maximum Gasteiger partial charge on any atom is 0.300 e. The topological polar surface area (TPSA) is 94.1 Å². The fraction of sp³-hybridized carbons (Fsp3) is 0.500. The van der Waals surface area contributed by atoms with Gasteiger partial charge in [0.25, 0.3) is 0 Å². The van der Waals surface area contributed by atoms with Crippen LogP contribution in [0, 0.1) is 16.0 Å². The van der Waals surface area contributed by atoms with Gasteiger partial charge >= 0.3 is 5.69 Å². The second-order valence-electron chi connectivity index (χ2n) is 4.88. The van der Waals surface area contributed by atoms with Gasteiger partial charge in [0.1, 0.15) is 0 Å². The number of nitrogens with zero attached hydrogens (tertiary/aromatic N) is 3. The normalized spacial score (nSPS) is 16.0. The molecule has 0 bridgehead atoms. The molecule has 1 saturated carbocycles. The van der Waals surface area contributed by atoms with Crippen LogP contribution in [-0.2, 0) is 0 Å². The highest BCUT2D eigenvalue weighted by Crippen LogP contribution is 2.30. The number of hydrogen-bond donors (Lipinski definition) is 1. The molecule has 7 nitrogen and oxygen atoms in total. The highest BCUT2D eigenvalue weighted by atomic mass is 16.6. The van der Waals surface area contributed by atoms with E-state index in [4.69, 9.17) is 0 Å². The van der Waals surface area contributed by atoms with Crippen LogP contribution in [0.15, 0.2) is 16.8 Å². The van der Waals surface area contributed by atoms with Crippen molar-refractivity contribution in [3.05, 3.63) is 22.2 Å². The standard InChI is InChI=1S/C12H14N4O3/c17-16(18)10-6-5-9(11-12(10)15-19-14-11)13-7-8-3-1-2-4-8/h5-6,8,13H,1-4,7H2. The van der Waals surface area contributed by atoms with Crippen molar-refractivity contribution in [3.8, 4) is 0 Å². The monoisotopic (exact) mass is 262 g/mol. The van der Waals surface area contributed by atoms with Crippen molar-refractivity contribution in [2.45, 2.75) is 25.7 Å². The molecule has 0 atom stereocenters. The Bertz CT molecular complexity index is 604. The van der Waals surface area contributed by atoms with Crippen LogP contribution in [0.4, 0.5) is 11.4 Å². The summed E-state index contributed by atoms with van der Waals surface area (Å²) in [5, 5.41) is 21.5. The summed E-state index contributed by atoms with van der Waals surface area (Å²) in [5.41, 5.74) is 1.28. The lowest BCUT2D eigenvalue weighted by atomic mass is 10.1. The summed E-state index contributed by atoms with van der Waals surface area (Å²) in [7, 11) is 0. The van der Waals surface area contributed by atoms with Gasteiger partial charge in [0.05, 0.1) is 10.6 Å². The SMILES string of the molecule is O=[N+]([O-])c1ccc(NCC2CCCC2)c2nonc12. The number of non-ortho nitro benzene ring substituents is 1. The molecule has 1 heterocycles. The Balaban J connectivity index is 1.85. The molecular formula is C12H14N4O3. The molecule has 100 valence electrons. The molecule has 19 heavy (non-hydrogen) atoms. The smallest absolute Gasteiger partial charge is 0.300 e. The average molecular weight is 262 g/mol. The minimum absolute atomic E-state index is 0.0809. The first-order valence-electron chi connectivity index (χ1n) is 6.39. The van der Waals surface area contributed by atoms with E-state index >= 15 is 0 Å². The first kappa shape index (κ1) is 11.9. The predicted molar refractivity (Wildman–Crippen MR) is 68.9 cm³/mol. The van der Waals surface area contributed by atoms with Crippen LogP contribution in [-0.4, -0.2) is 21.8 Å². The molecule has 0 spiro atoms. The number of nitro benzene ring substituents is 1. The van der Waals surface area contributed by atoms with Crippen LogP contribution in [0.5, 0.6) is 0 Å². The minimum atomic E-state index is -0.479. The lowest BCUT2D eigenvalue weighted by molar-refractivity contribution is -0.383. The quantitative estimate of drug-likeness (QED) is 0.672. The Hall–Kier alpha value is -2.18. The van der Waals surface area contributed by atoms with Crippen LogP contribution in [0.25, 0.3) is 11.0 Å². The van der Waals surface area contributed by atoms with Gasteiger partial charge < -0.3 is 5.32 Å². The van der Waals surface area contributed by atoms with Crippen molar-refractivity contribution >= 4 is 22.4 Å². The summed E-state index contributed by atoms with van der Waals surface area (Å²) in [6.07, 6.45) is 5.04.